The highest BCUT2D eigenvalue weighted by Crippen LogP contribution is 2.44. The quantitative estimate of drug-likeness (QED) is 0.540. The summed E-state index contributed by atoms with van der Waals surface area (Å²) in [4.78, 5) is 36.5. The number of rotatable bonds is 8. The number of carboxylic acid groups (broad SMARTS) is 1. The van der Waals surface area contributed by atoms with Gasteiger partial charge in [-0.15, -0.1) is 0 Å². The Bertz CT molecular complexity index is 1030. The fourth-order valence-electron chi connectivity index (χ4n) is 5.03. The molecule has 2 amide bonds. The predicted octanol–water partition coefficient (Wildman–Crippen LogP) is 4.31. The summed E-state index contributed by atoms with van der Waals surface area (Å²) in [7, 11) is 0. The number of carbonyl (C=O) groups excluding carboxylic acids is 2. The Hall–Kier alpha value is -3.35. The SMILES string of the molecule is CC(C)(CCNC(=O)OCC1c2ccccc2-c2ccccc21)C(=O)N[C@@H]1CCC[C@@H]1C(=O)O. The van der Waals surface area contributed by atoms with Crippen molar-refractivity contribution in [2.75, 3.05) is 13.2 Å². The number of amides is 2. The van der Waals surface area contributed by atoms with E-state index >= 15 is 0 Å². The third-order valence-corrected chi connectivity index (χ3v) is 7.13. The number of hydrogen-bond acceptors (Lipinski definition) is 4. The maximum atomic E-state index is 12.8. The standard InChI is InChI=1S/C27H32N2O5/c1-27(2,25(32)29-23-13-7-12-21(23)24(30)31)14-15-28-26(33)34-16-22-19-10-5-3-8-17(19)18-9-4-6-11-20(18)22/h3-6,8-11,21-23H,7,12-16H2,1-2H3,(H,28,33)(H,29,32)(H,30,31)/t21-,23+/m0/s1. The van der Waals surface area contributed by atoms with Gasteiger partial charge in [0.2, 0.25) is 5.91 Å². The van der Waals surface area contributed by atoms with Gasteiger partial charge in [0, 0.05) is 23.9 Å². The van der Waals surface area contributed by atoms with Crippen molar-refractivity contribution in [3.63, 3.8) is 0 Å². The molecular weight excluding hydrogens is 432 g/mol. The van der Waals surface area contributed by atoms with Crippen LogP contribution in [0, 0.1) is 11.3 Å². The first-order valence-electron chi connectivity index (χ1n) is 11.9. The Labute approximate surface area is 199 Å². The average molecular weight is 465 g/mol. The molecule has 0 heterocycles. The second-order valence-corrected chi connectivity index (χ2v) is 9.84. The van der Waals surface area contributed by atoms with Crippen molar-refractivity contribution in [1.29, 1.82) is 0 Å². The van der Waals surface area contributed by atoms with Crippen LogP contribution < -0.4 is 10.6 Å². The molecule has 1 fully saturated rings. The lowest BCUT2D eigenvalue weighted by Crippen LogP contribution is -2.46. The highest BCUT2D eigenvalue weighted by Gasteiger charge is 2.37. The first-order chi connectivity index (χ1) is 16.3. The number of nitrogens with one attached hydrogen (secondary N) is 2. The van der Waals surface area contributed by atoms with E-state index in [4.69, 9.17) is 4.74 Å². The van der Waals surface area contributed by atoms with Gasteiger partial charge in [0.05, 0.1) is 5.92 Å². The minimum atomic E-state index is -0.863. The van der Waals surface area contributed by atoms with Crippen LogP contribution in [0.3, 0.4) is 0 Å². The van der Waals surface area contributed by atoms with E-state index in [9.17, 15) is 19.5 Å². The fraction of sp³-hybridized carbons (Fsp3) is 0.444. The van der Waals surface area contributed by atoms with E-state index < -0.39 is 23.4 Å². The van der Waals surface area contributed by atoms with E-state index in [0.29, 0.717) is 19.3 Å². The molecule has 0 aliphatic heterocycles. The summed E-state index contributed by atoms with van der Waals surface area (Å²) < 4.78 is 5.55. The molecule has 0 spiro atoms. The zero-order chi connectivity index (χ0) is 24.3. The lowest BCUT2D eigenvalue weighted by atomic mass is 9.87. The van der Waals surface area contributed by atoms with Crippen molar-refractivity contribution >= 4 is 18.0 Å². The van der Waals surface area contributed by atoms with Crippen molar-refractivity contribution in [3.8, 4) is 11.1 Å². The second-order valence-electron chi connectivity index (χ2n) is 9.84. The second kappa shape index (κ2) is 9.87. The fourth-order valence-corrected chi connectivity index (χ4v) is 5.03. The first-order valence-corrected chi connectivity index (χ1v) is 11.9. The summed E-state index contributed by atoms with van der Waals surface area (Å²) in [5, 5.41) is 15.0. The minimum absolute atomic E-state index is 0.00559. The van der Waals surface area contributed by atoms with Crippen LogP contribution in [0.25, 0.3) is 11.1 Å². The van der Waals surface area contributed by atoms with Crippen LogP contribution in [-0.4, -0.2) is 42.3 Å². The molecule has 3 N–H and O–H groups in total. The number of alkyl carbamates (subject to hydrolysis) is 1. The molecule has 2 aliphatic rings. The Morgan fingerprint density at radius 3 is 2.24 bits per heavy atom. The third-order valence-electron chi connectivity index (χ3n) is 7.13. The molecule has 2 atom stereocenters. The normalized spacial score (nSPS) is 19.2. The van der Waals surface area contributed by atoms with Gasteiger partial charge in [-0.25, -0.2) is 4.79 Å². The largest absolute Gasteiger partial charge is 0.481 e. The monoisotopic (exact) mass is 464 g/mol. The van der Waals surface area contributed by atoms with Gasteiger partial charge >= 0.3 is 12.1 Å². The van der Waals surface area contributed by atoms with E-state index in [1.807, 2.05) is 24.3 Å². The zero-order valence-electron chi connectivity index (χ0n) is 19.7. The van der Waals surface area contributed by atoms with E-state index in [0.717, 1.165) is 17.5 Å². The van der Waals surface area contributed by atoms with Crippen molar-refractivity contribution in [1.82, 2.24) is 10.6 Å². The maximum absolute atomic E-state index is 12.8. The lowest BCUT2D eigenvalue weighted by molar-refractivity contribution is -0.142. The van der Waals surface area contributed by atoms with Crippen LogP contribution in [-0.2, 0) is 14.3 Å². The number of carboxylic acids is 1. The van der Waals surface area contributed by atoms with Gasteiger partial charge in [0.15, 0.2) is 0 Å². The Morgan fingerprint density at radius 1 is 1.00 bits per heavy atom. The van der Waals surface area contributed by atoms with Gasteiger partial charge in [-0.05, 0) is 41.5 Å². The van der Waals surface area contributed by atoms with Crippen LogP contribution in [0.2, 0.25) is 0 Å². The number of benzene rings is 2. The third kappa shape index (κ3) is 4.93. The Balaban J connectivity index is 1.26. The molecule has 4 rings (SSSR count). The molecule has 0 radical (unpaired) electrons. The first kappa shape index (κ1) is 23.8. The molecule has 0 saturated heterocycles. The van der Waals surface area contributed by atoms with Crippen molar-refractivity contribution in [2.45, 2.75) is 51.5 Å². The molecule has 180 valence electrons. The Morgan fingerprint density at radius 2 is 1.62 bits per heavy atom. The summed E-state index contributed by atoms with van der Waals surface area (Å²) in [6.07, 6.45) is 1.96. The van der Waals surface area contributed by atoms with Crippen LogP contribution in [0.4, 0.5) is 4.79 Å². The molecule has 34 heavy (non-hydrogen) atoms. The molecule has 0 bridgehead atoms. The van der Waals surface area contributed by atoms with E-state index in [1.54, 1.807) is 13.8 Å². The summed E-state index contributed by atoms with van der Waals surface area (Å²) in [6, 6.07) is 16.0. The van der Waals surface area contributed by atoms with Crippen molar-refractivity contribution < 1.29 is 24.2 Å². The van der Waals surface area contributed by atoms with Crippen molar-refractivity contribution in [3.05, 3.63) is 59.7 Å². The summed E-state index contributed by atoms with van der Waals surface area (Å²) in [6.45, 7) is 4.12. The maximum Gasteiger partial charge on any atom is 0.407 e. The van der Waals surface area contributed by atoms with Gasteiger partial charge in [-0.2, -0.15) is 0 Å². The predicted molar refractivity (Wildman–Crippen MR) is 128 cm³/mol. The van der Waals surface area contributed by atoms with E-state index in [-0.39, 0.29) is 31.0 Å². The summed E-state index contributed by atoms with van der Waals surface area (Å²) >= 11 is 0. The lowest BCUT2D eigenvalue weighted by Gasteiger charge is -2.27. The van der Waals surface area contributed by atoms with Gasteiger partial charge in [-0.1, -0.05) is 68.8 Å². The van der Waals surface area contributed by atoms with Crippen LogP contribution >= 0.6 is 0 Å². The number of carbonyl (C=O) groups is 3. The molecular formula is C27H32N2O5. The molecule has 2 aliphatic carbocycles. The highest BCUT2D eigenvalue weighted by atomic mass is 16.5. The number of fused-ring (bicyclic) bond motifs is 3. The molecule has 7 nitrogen and oxygen atoms in total. The number of ether oxygens (including phenoxy) is 1. The average Bonchev–Trinajstić information content (AvgIpc) is 3.40. The topological polar surface area (TPSA) is 105 Å². The molecule has 0 unspecified atom stereocenters. The van der Waals surface area contributed by atoms with Crippen LogP contribution in [0.15, 0.2) is 48.5 Å². The van der Waals surface area contributed by atoms with Crippen molar-refractivity contribution in [2.24, 2.45) is 11.3 Å². The molecule has 2 aromatic rings. The zero-order valence-corrected chi connectivity index (χ0v) is 19.7. The molecule has 1 saturated carbocycles. The van der Waals surface area contributed by atoms with Gasteiger partial charge < -0.3 is 20.5 Å². The smallest absolute Gasteiger partial charge is 0.407 e. The highest BCUT2D eigenvalue weighted by molar-refractivity contribution is 5.83. The summed E-state index contributed by atoms with van der Waals surface area (Å²) in [5.74, 6) is -1.59. The van der Waals surface area contributed by atoms with Gasteiger partial charge in [0.1, 0.15) is 6.61 Å². The van der Waals surface area contributed by atoms with Gasteiger partial charge in [-0.3, -0.25) is 9.59 Å². The number of aliphatic carboxylic acids is 1. The van der Waals surface area contributed by atoms with Crippen LogP contribution in [0.1, 0.15) is 56.6 Å². The van der Waals surface area contributed by atoms with Crippen LogP contribution in [0.5, 0.6) is 0 Å². The Kier molecular flexibility index (Phi) is 6.91. The molecule has 7 heteroatoms. The molecule has 0 aromatic heterocycles. The summed E-state index contributed by atoms with van der Waals surface area (Å²) in [5.41, 5.74) is 3.91. The van der Waals surface area contributed by atoms with Gasteiger partial charge in [0.25, 0.3) is 0 Å². The minimum Gasteiger partial charge on any atom is -0.481 e. The number of hydrogen-bond donors (Lipinski definition) is 3. The molecule has 2 aromatic carbocycles. The van der Waals surface area contributed by atoms with E-state index in [1.165, 1.54) is 11.1 Å². The van der Waals surface area contributed by atoms with E-state index in [2.05, 4.69) is 34.9 Å².